The topological polar surface area (TPSA) is 45.7 Å². The SMILES string of the molecule is CC1CN(CCCCCCOc2ccc(F)cc2)C(=O)N1c1ccncc1. The van der Waals surface area contributed by atoms with Crippen molar-refractivity contribution in [1.82, 2.24) is 9.88 Å². The highest BCUT2D eigenvalue weighted by molar-refractivity contribution is 5.94. The standard InChI is InChI=1S/C21H26FN3O2/c1-17-16-24(21(26)25(17)19-10-12-23-13-11-19)14-4-2-3-5-15-27-20-8-6-18(22)7-9-20/h6-13,17H,2-5,14-16H2,1H3. The predicted octanol–water partition coefficient (Wildman–Crippen LogP) is 4.49. The van der Waals surface area contributed by atoms with Crippen molar-refractivity contribution in [1.29, 1.82) is 0 Å². The van der Waals surface area contributed by atoms with E-state index in [0.29, 0.717) is 12.4 Å². The molecule has 0 N–H and O–H groups in total. The van der Waals surface area contributed by atoms with Crippen molar-refractivity contribution in [3.63, 3.8) is 0 Å². The van der Waals surface area contributed by atoms with Crippen molar-refractivity contribution in [2.45, 2.75) is 38.6 Å². The van der Waals surface area contributed by atoms with Gasteiger partial charge in [-0.2, -0.15) is 0 Å². The molecule has 1 unspecified atom stereocenters. The molecule has 1 aliphatic heterocycles. The molecule has 0 aliphatic carbocycles. The third-order valence-electron chi connectivity index (χ3n) is 4.75. The predicted molar refractivity (Wildman–Crippen MR) is 104 cm³/mol. The minimum absolute atomic E-state index is 0.0772. The molecule has 144 valence electrons. The number of aromatic nitrogens is 1. The largest absolute Gasteiger partial charge is 0.494 e. The third-order valence-corrected chi connectivity index (χ3v) is 4.75. The number of urea groups is 1. The summed E-state index contributed by atoms with van der Waals surface area (Å²) >= 11 is 0. The first-order chi connectivity index (χ1) is 13.1. The molecular weight excluding hydrogens is 345 g/mol. The maximum Gasteiger partial charge on any atom is 0.324 e. The quantitative estimate of drug-likeness (QED) is 0.610. The molecule has 2 aromatic rings. The first-order valence-corrected chi connectivity index (χ1v) is 9.51. The average Bonchev–Trinajstić information content (AvgIpc) is 2.96. The molecule has 3 rings (SSSR count). The molecule has 2 heterocycles. The van der Waals surface area contributed by atoms with E-state index in [4.69, 9.17) is 4.74 Å². The number of ether oxygens (including phenoxy) is 1. The summed E-state index contributed by atoms with van der Waals surface area (Å²) in [5, 5.41) is 0. The molecule has 27 heavy (non-hydrogen) atoms. The number of hydrogen-bond donors (Lipinski definition) is 0. The molecule has 1 aromatic heterocycles. The number of rotatable bonds is 9. The average molecular weight is 371 g/mol. The lowest BCUT2D eigenvalue weighted by atomic mass is 10.2. The Labute approximate surface area is 159 Å². The number of unbranched alkanes of at least 4 members (excludes halogenated alkanes) is 3. The minimum Gasteiger partial charge on any atom is -0.494 e. The Kier molecular flexibility index (Phi) is 6.63. The van der Waals surface area contributed by atoms with Gasteiger partial charge >= 0.3 is 6.03 Å². The molecule has 6 heteroatoms. The Morgan fingerprint density at radius 3 is 2.52 bits per heavy atom. The summed E-state index contributed by atoms with van der Waals surface area (Å²) in [5.41, 5.74) is 0.906. The van der Waals surface area contributed by atoms with E-state index in [1.54, 1.807) is 24.5 Å². The number of hydrogen-bond acceptors (Lipinski definition) is 3. The van der Waals surface area contributed by atoms with Crippen molar-refractivity contribution in [3.8, 4) is 5.75 Å². The van der Waals surface area contributed by atoms with Crippen LogP contribution in [0.15, 0.2) is 48.8 Å². The zero-order valence-electron chi connectivity index (χ0n) is 15.7. The summed E-state index contributed by atoms with van der Waals surface area (Å²) in [5.74, 6) is 0.444. The highest BCUT2D eigenvalue weighted by Crippen LogP contribution is 2.24. The summed E-state index contributed by atoms with van der Waals surface area (Å²) in [6, 6.07) is 10.1. The van der Waals surface area contributed by atoms with Crippen molar-refractivity contribution < 1.29 is 13.9 Å². The summed E-state index contributed by atoms with van der Waals surface area (Å²) < 4.78 is 18.4. The van der Waals surface area contributed by atoms with Crippen LogP contribution in [0.5, 0.6) is 5.75 Å². The van der Waals surface area contributed by atoms with E-state index in [1.807, 2.05) is 21.9 Å². The normalized spacial score (nSPS) is 16.8. The Bertz CT molecular complexity index is 724. The lowest BCUT2D eigenvalue weighted by molar-refractivity contribution is 0.219. The fourth-order valence-corrected chi connectivity index (χ4v) is 3.36. The zero-order valence-corrected chi connectivity index (χ0v) is 15.7. The Hall–Kier alpha value is -2.63. The van der Waals surface area contributed by atoms with E-state index >= 15 is 0 Å². The highest BCUT2D eigenvalue weighted by atomic mass is 19.1. The highest BCUT2D eigenvalue weighted by Gasteiger charge is 2.34. The molecule has 0 spiro atoms. The fraction of sp³-hybridized carbons (Fsp3) is 0.429. The van der Waals surface area contributed by atoms with Gasteiger partial charge < -0.3 is 9.64 Å². The Morgan fingerprint density at radius 2 is 1.78 bits per heavy atom. The van der Waals surface area contributed by atoms with Crippen LogP contribution in [0.2, 0.25) is 0 Å². The number of carbonyl (C=O) groups is 1. The van der Waals surface area contributed by atoms with Crippen molar-refractivity contribution in [2.24, 2.45) is 0 Å². The van der Waals surface area contributed by atoms with Crippen molar-refractivity contribution >= 4 is 11.7 Å². The van der Waals surface area contributed by atoms with Gasteiger partial charge in [-0.3, -0.25) is 9.88 Å². The molecular formula is C21H26FN3O2. The molecule has 0 radical (unpaired) electrons. The van der Waals surface area contributed by atoms with Gasteiger partial charge in [-0.05, 0) is 56.2 Å². The molecule has 5 nitrogen and oxygen atoms in total. The van der Waals surface area contributed by atoms with Crippen LogP contribution in [0, 0.1) is 5.82 Å². The van der Waals surface area contributed by atoms with Crippen LogP contribution in [0.4, 0.5) is 14.9 Å². The van der Waals surface area contributed by atoms with Gasteiger partial charge in [-0.1, -0.05) is 12.8 Å². The first kappa shape index (κ1) is 19.1. The molecule has 1 atom stereocenters. The van der Waals surface area contributed by atoms with E-state index < -0.39 is 0 Å². The van der Waals surface area contributed by atoms with Gasteiger partial charge in [0, 0.05) is 31.2 Å². The number of nitrogens with zero attached hydrogens (tertiary/aromatic N) is 3. The molecule has 0 bridgehead atoms. The van der Waals surface area contributed by atoms with Crippen LogP contribution >= 0.6 is 0 Å². The number of anilines is 1. The van der Waals surface area contributed by atoms with Gasteiger partial charge in [0.15, 0.2) is 0 Å². The second-order valence-electron chi connectivity index (χ2n) is 6.87. The lowest BCUT2D eigenvalue weighted by Gasteiger charge is -2.20. The third kappa shape index (κ3) is 5.18. The number of amides is 2. The van der Waals surface area contributed by atoms with Crippen LogP contribution < -0.4 is 9.64 Å². The Morgan fingerprint density at radius 1 is 1.07 bits per heavy atom. The Balaban J connectivity index is 1.32. The van der Waals surface area contributed by atoms with Gasteiger partial charge in [0.2, 0.25) is 0 Å². The second-order valence-corrected chi connectivity index (χ2v) is 6.87. The van der Waals surface area contributed by atoms with Gasteiger partial charge in [0.25, 0.3) is 0 Å². The molecule has 1 saturated heterocycles. The van der Waals surface area contributed by atoms with Crippen LogP contribution in [0.1, 0.15) is 32.6 Å². The van der Waals surface area contributed by atoms with E-state index in [-0.39, 0.29) is 17.9 Å². The van der Waals surface area contributed by atoms with Crippen LogP contribution in [0.3, 0.4) is 0 Å². The van der Waals surface area contributed by atoms with Crippen molar-refractivity contribution in [2.75, 3.05) is 24.6 Å². The van der Waals surface area contributed by atoms with Gasteiger partial charge in [0.05, 0.1) is 12.6 Å². The fourth-order valence-electron chi connectivity index (χ4n) is 3.36. The molecule has 1 aliphatic rings. The van der Waals surface area contributed by atoms with E-state index in [0.717, 1.165) is 44.5 Å². The summed E-state index contributed by atoms with van der Waals surface area (Å²) in [4.78, 5) is 20.4. The lowest BCUT2D eigenvalue weighted by Crippen LogP contribution is -2.34. The summed E-state index contributed by atoms with van der Waals surface area (Å²) in [7, 11) is 0. The van der Waals surface area contributed by atoms with E-state index in [9.17, 15) is 9.18 Å². The van der Waals surface area contributed by atoms with E-state index in [2.05, 4.69) is 11.9 Å². The van der Waals surface area contributed by atoms with Crippen LogP contribution in [-0.4, -0.2) is 41.7 Å². The number of pyridine rings is 1. The van der Waals surface area contributed by atoms with Crippen LogP contribution in [0.25, 0.3) is 0 Å². The molecule has 2 amide bonds. The second kappa shape index (κ2) is 9.35. The van der Waals surface area contributed by atoms with Gasteiger partial charge in [0.1, 0.15) is 11.6 Å². The van der Waals surface area contributed by atoms with Crippen LogP contribution in [-0.2, 0) is 0 Å². The molecule has 1 aromatic carbocycles. The first-order valence-electron chi connectivity index (χ1n) is 9.51. The number of carbonyl (C=O) groups excluding carboxylic acids is 1. The summed E-state index contributed by atoms with van der Waals surface area (Å²) in [6.07, 6.45) is 7.47. The zero-order chi connectivity index (χ0) is 19.1. The maximum absolute atomic E-state index is 12.8. The number of benzene rings is 1. The van der Waals surface area contributed by atoms with Gasteiger partial charge in [-0.15, -0.1) is 0 Å². The van der Waals surface area contributed by atoms with Crippen molar-refractivity contribution in [3.05, 3.63) is 54.6 Å². The molecule has 0 saturated carbocycles. The van der Waals surface area contributed by atoms with Gasteiger partial charge in [-0.25, -0.2) is 9.18 Å². The maximum atomic E-state index is 12.8. The molecule has 1 fully saturated rings. The summed E-state index contributed by atoms with van der Waals surface area (Å²) in [6.45, 7) is 4.24. The minimum atomic E-state index is -0.254. The van der Waals surface area contributed by atoms with E-state index in [1.165, 1.54) is 12.1 Å². The smallest absolute Gasteiger partial charge is 0.324 e. The number of halogens is 1. The monoisotopic (exact) mass is 371 g/mol.